The van der Waals surface area contributed by atoms with Crippen LogP contribution in [0.2, 0.25) is 0 Å². The quantitative estimate of drug-likeness (QED) is 0.920. The van der Waals surface area contributed by atoms with E-state index in [-0.39, 0.29) is 0 Å². The summed E-state index contributed by atoms with van der Waals surface area (Å²) in [6.07, 6.45) is 3.70. The Hall–Kier alpha value is -1.35. The SMILES string of the molecule is CC1CCC(C(=O)O)(N2CC(c3ccccc3)C2)CC1. The average molecular weight is 273 g/mol. The van der Waals surface area contributed by atoms with E-state index in [1.54, 1.807) is 0 Å². The maximum absolute atomic E-state index is 11.8. The molecule has 1 aromatic rings. The van der Waals surface area contributed by atoms with Crippen LogP contribution >= 0.6 is 0 Å². The van der Waals surface area contributed by atoms with Crippen molar-refractivity contribution in [3.63, 3.8) is 0 Å². The minimum atomic E-state index is -0.615. The van der Waals surface area contributed by atoms with Crippen molar-refractivity contribution in [2.75, 3.05) is 13.1 Å². The van der Waals surface area contributed by atoms with Gasteiger partial charge in [-0.1, -0.05) is 37.3 Å². The highest BCUT2D eigenvalue weighted by molar-refractivity contribution is 5.79. The van der Waals surface area contributed by atoms with Gasteiger partial charge in [-0.2, -0.15) is 0 Å². The van der Waals surface area contributed by atoms with Gasteiger partial charge in [0.05, 0.1) is 0 Å². The van der Waals surface area contributed by atoms with Gasteiger partial charge in [-0.3, -0.25) is 9.69 Å². The molecule has 2 fully saturated rings. The molecule has 1 saturated carbocycles. The minimum Gasteiger partial charge on any atom is -0.480 e. The lowest BCUT2D eigenvalue weighted by atomic mass is 9.73. The highest BCUT2D eigenvalue weighted by Gasteiger charge is 2.50. The van der Waals surface area contributed by atoms with E-state index in [9.17, 15) is 9.90 Å². The molecule has 3 rings (SSSR count). The summed E-state index contributed by atoms with van der Waals surface area (Å²) in [5.74, 6) is 0.566. The molecule has 20 heavy (non-hydrogen) atoms. The monoisotopic (exact) mass is 273 g/mol. The van der Waals surface area contributed by atoms with Crippen LogP contribution in [0.25, 0.3) is 0 Å². The van der Waals surface area contributed by atoms with Crippen molar-refractivity contribution in [3.05, 3.63) is 35.9 Å². The second kappa shape index (κ2) is 5.21. The van der Waals surface area contributed by atoms with E-state index >= 15 is 0 Å². The summed E-state index contributed by atoms with van der Waals surface area (Å²) >= 11 is 0. The van der Waals surface area contributed by atoms with Crippen LogP contribution in [-0.2, 0) is 4.79 Å². The number of hydrogen-bond donors (Lipinski definition) is 1. The zero-order valence-corrected chi connectivity index (χ0v) is 12.1. The largest absolute Gasteiger partial charge is 0.480 e. The van der Waals surface area contributed by atoms with E-state index in [0.29, 0.717) is 11.8 Å². The number of carboxylic acids is 1. The Kier molecular flexibility index (Phi) is 3.55. The molecule has 1 heterocycles. The summed E-state index contributed by atoms with van der Waals surface area (Å²) in [4.78, 5) is 14.0. The van der Waals surface area contributed by atoms with Crippen LogP contribution in [0.15, 0.2) is 30.3 Å². The van der Waals surface area contributed by atoms with Gasteiger partial charge in [0.25, 0.3) is 0 Å². The zero-order chi connectivity index (χ0) is 14.2. The first kappa shape index (κ1) is 13.6. The molecule has 0 radical (unpaired) electrons. The predicted molar refractivity (Wildman–Crippen MR) is 78.8 cm³/mol. The Morgan fingerprint density at radius 1 is 1.20 bits per heavy atom. The van der Waals surface area contributed by atoms with Crippen LogP contribution < -0.4 is 0 Å². The van der Waals surface area contributed by atoms with Crippen LogP contribution in [0.5, 0.6) is 0 Å². The number of rotatable bonds is 3. The van der Waals surface area contributed by atoms with E-state index in [1.165, 1.54) is 5.56 Å². The van der Waals surface area contributed by atoms with Gasteiger partial charge >= 0.3 is 5.97 Å². The third kappa shape index (κ3) is 2.24. The van der Waals surface area contributed by atoms with Crippen LogP contribution in [0.3, 0.4) is 0 Å². The molecule has 0 bridgehead atoms. The first-order valence-corrected chi connectivity index (χ1v) is 7.65. The maximum atomic E-state index is 11.8. The van der Waals surface area contributed by atoms with Crippen LogP contribution in [0, 0.1) is 5.92 Å². The number of likely N-dealkylation sites (tertiary alicyclic amines) is 1. The molecule has 1 aromatic carbocycles. The molecule has 0 amide bonds. The summed E-state index contributed by atoms with van der Waals surface area (Å²) in [6.45, 7) is 4.02. The van der Waals surface area contributed by atoms with Crippen molar-refractivity contribution in [1.29, 1.82) is 0 Å². The van der Waals surface area contributed by atoms with Gasteiger partial charge in [0.15, 0.2) is 0 Å². The summed E-state index contributed by atoms with van der Waals surface area (Å²) in [6, 6.07) is 10.5. The van der Waals surface area contributed by atoms with E-state index in [4.69, 9.17) is 0 Å². The summed E-state index contributed by atoms with van der Waals surface area (Å²) in [5.41, 5.74) is 0.756. The van der Waals surface area contributed by atoms with Crippen molar-refractivity contribution in [2.24, 2.45) is 5.92 Å². The van der Waals surface area contributed by atoms with Gasteiger partial charge in [0, 0.05) is 19.0 Å². The molecule has 0 unspecified atom stereocenters. The first-order chi connectivity index (χ1) is 9.62. The highest BCUT2D eigenvalue weighted by atomic mass is 16.4. The van der Waals surface area contributed by atoms with Gasteiger partial charge < -0.3 is 5.11 Å². The smallest absolute Gasteiger partial charge is 0.324 e. The lowest BCUT2D eigenvalue weighted by Gasteiger charge is -2.52. The van der Waals surface area contributed by atoms with E-state index < -0.39 is 11.5 Å². The molecule has 0 aromatic heterocycles. The standard InChI is InChI=1S/C17H23NO2/c1-13-7-9-17(10-8-13,16(19)20)18-11-15(12-18)14-5-3-2-4-6-14/h2-6,13,15H,7-12H2,1H3,(H,19,20). The Balaban J connectivity index is 1.69. The summed E-state index contributed by atoms with van der Waals surface area (Å²) < 4.78 is 0. The van der Waals surface area contributed by atoms with Crippen LogP contribution in [0.4, 0.5) is 0 Å². The number of carboxylic acid groups (broad SMARTS) is 1. The molecule has 3 nitrogen and oxygen atoms in total. The van der Waals surface area contributed by atoms with Crippen LogP contribution in [-0.4, -0.2) is 34.6 Å². The number of aliphatic carboxylic acids is 1. The Bertz CT molecular complexity index is 471. The van der Waals surface area contributed by atoms with Gasteiger partial charge in [-0.05, 0) is 37.2 Å². The van der Waals surface area contributed by atoms with Crippen molar-refractivity contribution < 1.29 is 9.90 Å². The topological polar surface area (TPSA) is 40.5 Å². The lowest BCUT2D eigenvalue weighted by Crippen LogP contribution is -2.63. The first-order valence-electron chi connectivity index (χ1n) is 7.65. The van der Waals surface area contributed by atoms with Gasteiger partial charge in [0.1, 0.15) is 5.54 Å². The molecule has 0 atom stereocenters. The Labute approximate surface area is 120 Å². The average Bonchev–Trinajstić information content (AvgIpc) is 2.40. The van der Waals surface area contributed by atoms with Gasteiger partial charge in [0.2, 0.25) is 0 Å². The molecule has 108 valence electrons. The minimum absolute atomic E-state index is 0.506. The predicted octanol–water partition coefficient (Wildman–Crippen LogP) is 3.12. The fourth-order valence-corrected chi connectivity index (χ4v) is 3.67. The molecule has 0 spiro atoms. The normalized spacial score (nSPS) is 31.8. The molecule has 1 saturated heterocycles. The van der Waals surface area contributed by atoms with Crippen molar-refractivity contribution in [3.8, 4) is 0 Å². The van der Waals surface area contributed by atoms with Crippen molar-refractivity contribution >= 4 is 5.97 Å². The number of hydrogen-bond acceptors (Lipinski definition) is 2. The van der Waals surface area contributed by atoms with Gasteiger partial charge in [-0.25, -0.2) is 0 Å². The van der Waals surface area contributed by atoms with E-state index in [0.717, 1.165) is 38.8 Å². The van der Waals surface area contributed by atoms with Crippen molar-refractivity contribution in [2.45, 2.75) is 44.1 Å². The van der Waals surface area contributed by atoms with Gasteiger partial charge in [-0.15, -0.1) is 0 Å². The van der Waals surface area contributed by atoms with E-state index in [2.05, 4.69) is 36.1 Å². The number of carbonyl (C=O) groups is 1. The number of nitrogens with zero attached hydrogens (tertiary/aromatic N) is 1. The third-order valence-corrected chi connectivity index (χ3v) is 5.26. The molecule has 1 aliphatic carbocycles. The van der Waals surface area contributed by atoms with E-state index in [1.807, 2.05) is 6.07 Å². The molecule has 3 heteroatoms. The Morgan fingerprint density at radius 3 is 2.35 bits per heavy atom. The summed E-state index contributed by atoms with van der Waals surface area (Å²) in [7, 11) is 0. The second-order valence-electron chi connectivity index (χ2n) is 6.53. The fraction of sp³-hybridized carbons (Fsp3) is 0.588. The molecular formula is C17H23NO2. The molecule has 1 aliphatic heterocycles. The lowest BCUT2D eigenvalue weighted by molar-refractivity contribution is -0.159. The number of benzene rings is 1. The Morgan fingerprint density at radius 2 is 1.80 bits per heavy atom. The highest BCUT2D eigenvalue weighted by Crippen LogP contribution is 2.42. The second-order valence-corrected chi connectivity index (χ2v) is 6.53. The van der Waals surface area contributed by atoms with Crippen LogP contribution in [0.1, 0.15) is 44.1 Å². The molecule has 1 N–H and O–H groups in total. The summed E-state index contributed by atoms with van der Waals surface area (Å²) in [5, 5.41) is 9.73. The maximum Gasteiger partial charge on any atom is 0.324 e. The third-order valence-electron chi connectivity index (χ3n) is 5.26. The molecule has 2 aliphatic rings. The van der Waals surface area contributed by atoms with Crippen molar-refractivity contribution in [1.82, 2.24) is 4.90 Å². The fourth-order valence-electron chi connectivity index (χ4n) is 3.67. The zero-order valence-electron chi connectivity index (χ0n) is 12.1. The molecular weight excluding hydrogens is 250 g/mol.